The molecule has 1 heterocycles. The van der Waals surface area contributed by atoms with Crippen molar-refractivity contribution in [3.8, 4) is 11.1 Å². The number of carbonyl (C=O) groups is 2. The number of anilines is 2. The summed E-state index contributed by atoms with van der Waals surface area (Å²) >= 11 is 0. The molecule has 8 heteroatoms. The molecule has 0 spiro atoms. The van der Waals surface area contributed by atoms with E-state index in [0.29, 0.717) is 6.54 Å². The number of nitrogens with zero attached hydrogens (tertiary/aromatic N) is 2. The van der Waals surface area contributed by atoms with E-state index in [4.69, 9.17) is 5.73 Å². The van der Waals surface area contributed by atoms with Crippen LogP contribution >= 0.6 is 0 Å². The van der Waals surface area contributed by atoms with Crippen LogP contribution in [-0.4, -0.2) is 45.1 Å². The van der Waals surface area contributed by atoms with Gasteiger partial charge in [0, 0.05) is 24.9 Å². The Morgan fingerprint density at radius 1 is 0.909 bits per heavy atom. The van der Waals surface area contributed by atoms with E-state index >= 15 is 0 Å². The molecule has 0 saturated heterocycles. The first kappa shape index (κ1) is 22.1. The summed E-state index contributed by atoms with van der Waals surface area (Å²) in [7, 11) is -3.39. The molecule has 1 atom stereocenters. The minimum atomic E-state index is -3.39. The highest BCUT2D eigenvalue weighted by atomic mass is 32.2. The molecule has 7 nitrogen and oxygen atoms in total. The number of carbonyl (C=O) groups excluding carboxylic acids is 2. The second-order valence-electron chi connectivity index (χ2n) is 9.39. The molecule has 2 fully saturated rings. The van der Waals surface area contributed by atoms with Crippen molar-refractivity contribution in [2.75, 3.05) is 28.6 Å². The average Bonchev–Trinajstić information content (AvgIpc) is 3.70. The summed E-state index contributed by atoms with van der Waals surface area (Å²) in [4.78, 5) is 30.1. The van der Waals surface area contributed by atoms with E-state index in [1.54, 1.807) is 24.3 Å². The fourth-order valence-corrected chi connectivity index (χ4v) is 5.65. The van der Waals surface area contributed by atoms with Gasteiger partial charge in [0.25, 0.3) is 0 Å². The van der Waals surface area contributed by atoms with Gasteiger partial charge in [-0.1, -0.05) is 18.2 Å². The molecule has 1 unspecified atom stereocenters. The number of hydrogen-bond donors (Lipinski definition) is 1. The Kier molecular flexibility index (Phi) is 5.53. The van der Waals surface area contributed by atoms with Crippen molar-refractivity contribution < 1.29 is 18.0 Å². The van der Waals surface area contributed by atoms with Crippen LogP contribution < -0.4 is 15.5 Å². The van der Waals surface area contributed by atoms with Gasteiger partial charge >= 0.3 is 0 Å². The minimum Gasteiger partial charge on any atom is -0.329 e. The van der Waals surface area contributed by atoms with Gasteiger partial charge in [0.15, 0.2) is 9.84 Å². The second-order valence-corrected chi connectivity index (χ2v) is 11.5. The van der Waals surface area contributed by atoms with Gasteiger partial charge in [0.1, 0.15) is 0 Å². The highest BCUT2D eigenvalue weighted by Crippen LogP contribution is 2.44. The number of hydrogen-bond acceptors (Lipinski definition) is 5. The lowest BCUT2D eigenvalue weighted by Crippen LogP contribution is -2.52. The van der Waals surface area contributed by atoms with Gasteiger partial charge in [0.2, 0.25) is 11.8 Å². The van der Waals surface area contributed by atoms with Crippen LogP contribution in [0, 0.1) is 11.8 Å². The van der Waals surface area contributed by atoms with E-state index in [9.17, 15) is 18.0 Å². The summed E-state index contributed by atoms with van der Waals surface area (Å²) in [6.45, 7) is 2.57. The van der Waals surface area contributed by atoms with Crippen molar-refractivity contribution in [2.24, 2.45) is 17.6 Å². The van der Waals surface area contributed by atoms with Crippen LogP contribution in [0.15, 0.2) is 47.4 Å². The Bertz CT molecular complexity index is 1200. The van der Waals surface area contributed by atoms with Crippen LogP contribution in [0.1, 0.15) is 32.6 Å². The number of fused-ring (bicyclic) bond motifs is 1. The summed E-state index contributed by atoms with van der Waals surface area (Å²) in [5.74, 6) is 0.346. The molecular weight excluding hydrogens is 438 g/mol. The van der Waals surface area contributed by atoms with Gasteiger partial charge in [0.05, 0.1) is 28.1 Å². The summed E-state index contributed by atoms with van der Waals surface area (Å²) in [5.41, 5.74) is 8.69. The maximum Gasteiger partial charge on any atom is 0.230 e. The molecule has 2 aromatic rings. The minimum absolute atomic E-state index is 0.0754. The number of benzene rings is 2. The maximum absolute atomic E-state index is 13.1. The van der Waals surface area contributed by atoms with Crippen LogP contribution in [-0.2, 0) is 19.4 Å². The number of sulfone groups is 1. The van der Waals surface area contributed by atoms with Crippen molar-refractivity contribution in [3.63, 3.8) is 0 Å². The average molecular weight is 468 g/mol. The third kappa shape index (κ3) is 4.17. The summed E-state index contributed by atoms with van der Waals surface area (Å²) in [5, 5.41) is 0. The van der Waals surface area contributed by atoms with E-state index in [-0.39, 0.29) is 46.9 Å². The van der Waals surface area contributed by atoms with Gasteiger partial charge < -0.3 is 15.5 Å². The Hall–Kier alpha value is -2.71. The second kappa shape index (κ2) is 8.25. The topological polar surface area (TPSA) is 101 Å². The van der Waals surface area contributed by atoms with Crippen molar-refractivity contribution in [2.45, 2.75) is 43.5 Å². The molecule has 1 aliphatic heterocycles. The van der Waals surface area contributed by atoms with E-state index in [1.807, 2.05) is 34.9 Å². The Balaban J connectivity index is 1.53. The quantitative estimate of drug-likeness (QED) is 0.704. The van der Waals surface area contributed by atoms with Crippen molar-refractivity contribution >= 4 is 33.0 Å². The number of nitrogens with two attached hydrogens (primary N) is 1. The number of rotatable bonds is 6. The molecule has 33 heavy (non-hydrogen) atoms. The van der Waals surface area contributed by atoms with Crippen molar-refractivity contribution in [3.05, 3.63) is 42.5 Å². The zero-order chi connectivity index (χ0) is 23.3. The normalized spacial score (nSPS) is 20.5. The molecule has 2 saturated carbocycles. The highest BCUT2D eigenvalue weighted by Gasteiger charge is 2.43. The lowest BCUT2D eigenvalue weighted by Gasteiger charge is -2.41. The van der Waals surface area contributed by atoms with Crippen LogP contribution in [0.25, 0.3) is 11.1 Å². The largest absolute Gasteiger partial charge is 0.329 e. The van der Waals surface area contributed by atoms with E-state index in [0.717, 1.165) is 48.2 Å². The standard InChI is InChI=1S/C25H29N3O4S/c1-16-15-27(24(29)18-2-3-18)23-14-20(8-11-22(23)28(16)25(30)19-4-5-19)17-6-9-21(10-7-17)33(31,32)13-12-26/h6-11,14,16,18-19H,2-5,12-13,15,26H2,1H3. The van der Waals surface area contributed by atoms with Crippen LogP contribution in [0.5, 0.6) is 0 Å². The molecule has 2 amide bonds. The summed E-state index contributed by atoms with van der Waals surface area (Å²) < 4.78 is 24.6. The molecule has 5 rings (SSSR count). The fraction of sp³-hybridized carbons (Fsp3) is 0.440. The predicted molar refractivity (Wildman–Crippen MR) is 128 cm³/mol. The molecule has 2 aromatic carbocycles. The first-order chi connectivity index (χ1) is 15.8. The van der Waals surface area contributed by atoms with E-state index < -0.39 is 9.84 Å². The highest BCUT2D eigenvalue weighted by molar-refractivity contribution is 7.91. The van der Waals surface area contributed by atoms with Gasteiger partial charge in [-0.3, -0.25) is 9.59 Å². The molecule has 0 radical (unpaired) electrons. The first-order valence-corrected chi connectivity index (χ1v) is 13.3. The monoisotopic (exact) mass is 467 g/mol. The van der Waals surface area contributed by atoms with E-state index in [1.165, 1.54) is 0 Å². The molecule has 0 aromatic heterocycles. The SMILES string of the molecule is CC1CN(C(=O)C2CC2)c2cc(-c3ccc(S(=O)(=O)CCN)cc3)ccc2N1C(=O)C1CC1. The van der Waals surface area contributed by atoms with Crippen LogP contribution in [0.4, 0.5) is 11.4 Å². The Labute approximate surface area is 194 Å². The molecular formula is C25H29N3O4S. The molecule has 2 aliphatic carbocycles. The predicted octanol–water partition coefficient (Wildman–Crippen LogP) is 2.97. The molecule has 174 valence electrons. The van der Waals surface area contributed by atoms with Crippen LogP contribution in [0.2, 0.25) is 0 Å². The molecule has 3 aliphatic rings. The zero-order valence-corrected chi connectivity index (χ0v) is 19.6. The van der Waals surface area contributed by atoms with Crippen LogP contribution in [0.3, 0.4) is 0 Å². The van der Waals surface area contributed by atoms with E-state index in [2.05, 4.69) is 0 Å². The van der Waals surface area contributed by atoms with Crippen molar-refractivity contribution in [1.29, 1.82) is 0 Å². The Morgan fingerprint density at radius 3 is 2.12 bits per heavy atom. The smallest absolute Gasteiger partial charge is 0.230 e. The third-order valence-corrected chi connectivity index (χ3v) is 8.47. The summed E-state index contributed by atoms with van der Waals surface area (Å²) in [6.07, 6.45) is 3.70. The number of amides is 2. The first-order valence-electron chi connectivity index (χ1n) is 11.6. The fourth-order valence-electron chi connectivity index (χ4n) is 4.55. The lowest BCUT2D eigenvalue weighted by molar-refractivity contribution is -0.122. The zero-order valence-electron chi connectivity index (χ0n) is 18.7. The maximum atomic E-state index is 13.1. The summed E-state index contributed by atoms with van der Waals surface area (Å²) in [6, 6.07) is 12.5. The van der Waals surface area contributed by atoms with Gasteiger partial charge in [-0.05, 0) is 68.0 Å². The molecule has 0 bridgehead atoms. The van der Waals surface area contributed by atoms with Crippen molar-refractivity contribution in [1.82, 2.24) is 0 Å². The van der Waals surface area contributed by atoms with Gasteiger partial charge in [-0.2, -0.15) is 0 Å². The Morgan fingerprint density at radius 2 is 1.52 bits per heavy atom. The van der Waals surface area contributed by atoms with Gasteiger partial charge in [-0.15, -0.1) is 0 Å². The third-order valence-electron chi connectivity index (χ3n) is 6.70. The van der Waals surface area contributed by atoms with Gasteiger partial charge in [-0.25, -0.2) is 8.42 Å². The molecule has 2 N–H and O–H groups in total. The lowest BCUT2D eigenvalue weighted by atomic mass is 10.00.